The van der Waals surface area contributed by atoms with Gasteiger partial charge in [0.1, 0.15) is 6.04 Å². The maximum atomic E-state index is 13.1. The second kappa shape index (κ2) is 10.3. The molecule has 2 fully saturated rings. The molecule has 1 heterocycles. The molecule has 2 aliphatic rings. The van der Waals surface area contributed by atoms with Crippen molar-refractivity contribution in [1.82, 2.24) is 10.2 Å². The summed E-state index contributed by atoms with van der Waals surface area (Å²) in [6, 6.07) is -0.619. The first kappa shape index (κ1) is 21.2. The summed E-state index contributed by atoms with van der Waals surface area (Å²) in [6.07, 6.45) is 7.75. The number of carbonyl (C=O) groups is 2. The van der Waals surface area contributed by atoms with Crippen molar-refractivity contribution in [2.75, 3.05) is 19.7 Å². The van der Waals surface area contributed by atoms with E-state index in [9.17, 15) is 9.59 Å². The van der Waals surface area contributed by atoms with Gasteiger partial charge in [-0.25, -0.2) is 0 Å². The molecule has 0 bridgehead atoms. The van der Waals surface area contributed by atoms with Crippen LogP contribution in [0.5, 0.6) is 0 Å². The van der Waals surface area contributed by atoms with E-state index < -0.39 is 6.04 Å². The van der Waals surface area contributed by atoms with Crippen molar-refractivity contribution in [3.63, 3.8) is 0 Å². The summed E-state index contributed by atoms with van der Waals surface area (Å²) >= 11 is 0. The number of nitrogens with two attached hydrogens (primary N) is 1. The Balaban J connectivity index is 1.98. The Morgan fingerprint density at radius 2 is 1.81 bits per heavy atom. The molecule has 3 N–H and O–H groups in total. The molecule has 2 rings (SSSR count). The molecule has 6 nitrogen and oxygen atoms in total. The number of carbonyl (C=O) groups excluding carboxylic acids is 2. The predicted octanol–water partition coefficient (Wildman–Crippen LogP) is 2.06. The SMILES string of the molecule is CC(C)C(=O)NC(C(=O)N1CCCC(N)C1)C(C)OCC1CCCCC1. The first-order chi connectivity index (χ1) is 12.4. The second-order valence-electron chi connectivity index (χ2n) is 8.37. The molecule has 150 valence electrons. The molecule has 3 atom stereocenters. The van der Waals surface area contributed by atoms with E-state index in [1.165, 1.54) is 32.1 Å². The summed E-state index contributed by atoms with van der Waals surface area (Å²) in [5, 5.41) is 2.92. The van der Waals surface area contributed by atoms with Crippen molar-refractivity contribution in [2.45, 2.75) is 83.9 Å². The smallest absolute Gasteiger partial charge is 0.247 e. The number of nitrogens with one attached hydrogen (secondary N) is 1. The highest BCUT2D eigenvalue weighted by atomic mass is 16.5. The second-order valence-corrected chi connectivity index (χ2v) is 8.37. The maximum absolute atomic E-state index is 13.1. The minimum atomic E-state index is -0.640. The monoisotopic (exact) mass is 367 g/mol. The molecule has 1 saturated carbocycles. The topological polar surface area (TPSA) is 84.7 Å². The number of ether oxygens (including phenoxy) is 1. The minimum Gasteiger partial charge on any atom is -0.376 e. The third-order valence-electron chi connectivity index (χ3n) is 5.65. The molecular formula is C20H37N3O3. The Bertz CT molecular complexity index is 463. The normalized spacial score (nSPS) is 24.3. The van der Waals surface area contributed by atoms with Gasteiger partial charge in [-0.2, -0.15) is 0 Å². The average Bonchev–Trinajstić information content (AvgIpc) is 2.64. The largest absolute Gasteiger partial charge is 0.376 e. The van der Waals surface area contributed by atoms with Crippen molar-refractivity contribution in [2.24, 2.45) is 17.6 Å². The van der Waals surface area contributed by atoms with Crippen molar-refractivity contribution in [1.29, 1.82) is 0 Å². The number of rotatable bonds is 7. The van der Waals surface area contributed by atoms with Crippen LogP contribution in [0, 0.1) is 11.8 Å². The highest BCUT2D eigenvalue weighted by Gasteiger charge is 2.34. The molecule has 0 spiro atoms. The molecule has 1 aliphatic heterocycles. The molecule has 0 aromatic rings. The number of nitrogens with zero attached hydrogens (tertiary/aromatic N) is 1. The molecule has 6 heteroatoms. The van der Waals surface area contributed by atoms with Crippen LogP contribution in [0.25, 0.3) is 0 Å². The zero-order valence-corrected chi connectivity index (χ0v) is 16.7. The van der Waals surface area contributed by atoms with Crippen molar-refractivity contribution < 1.29 is 14.3 Å². The van der Waals surface area contributed by atoms with Crippen LogP contribution in [0.3, 0.4) is 0 Å². The third-order valence-corrected chi connectivity index (χ3v) is 5.65. The fourth-order valence-electron chi connectivity index (χ4n) is 3.84. The number of amides is 2. The molecule has 0 aromatic carbocycles. The van der Waals surface area contributed by atoms with E-state index in [4.69, 9.17) is 10.5 Å². The molecule has 26 heavy (non-hydrogen) atoms. The molecule has 1 saturated heterocycles. The molecule has 1 aliphatic carbocycles. The minimum absolute atomic E-state index is 0.0209. The summed E-state index contributed by atoms with van der Waals surface area (Å²) in [5.41, 5.74) is 6.03. The van der Waals surface area contributed by atoms with Gasteiger partial charge in [-0.3, -0.25) is 9.59 Å². The fraction of sp³-hybridized carbons (Fsp3) is 0.900. The quantitative estimate of drug-likeness (QED) is 0.721. The van der Waals surface area contributed by atoms with Crippen molar-refractivity contribution >= 4 is 11.8 Å². The first-order valence-corrected chi connectivity index (χ1v) is 10.3. The Labute approximate surface area is 158 Å². The maximum Gasteiger partial charge on any atom is 0.247 e. The van der Waals surface area contributed by atoms with Gasteiger partial charge in [0.15, 0.2) is 0 Å². The average molecular weight is 368 g/mol. The molecule has 3 unspecified atom stereocenters. The van der Waals surface area contributed by atoms with Crippen molar-refractivity contribution in [3.8, 4) is 0 Å². The van der Waals surface area contributed by atoms with E-state index in [-0.39, 0.29) is 29.9 Å². The van der Waals surface area contributed by atoms with Gasteiger partial charge in [-0.1, -0.05) is 33.1 Å². The van der Waals surface area contributed by atoms with Crippen LogP contribution in [0.15, 0.2) is 0 Å². The van der Waals surface area contributed by atoms with Crippen molar-refractivity contribution in [3.05, 3.63) is 0 Å². The lowest BCUT2D eigenvalue weighted by molar-refractivity contribution is -0.142. The number of hydrogen-bond acceptors (Lipinski definition) is 4. The molecule has 2 amide bonds. The van der Waals surface area contributed by atoms with Crippen LogP contribution in [-0.4, -0.2) is 54.6 Å². The Morgan fingerprint density at radius 3 is 2.42 bits per heavy atom. The molecule has 0 radical (unpaired) electrons. The van der Waals surface area contributed by atoms with Gasteiger partial charge >= 0.3 is 0 Å². The van der Waals surface area contributed by atoms with Gasteiger partial charge < -0.3 is 20.7 Å². The van der Waals surface area contributed by atoms with Gasteiger partial charge in [-0.15, -0.1) is 0 Å². The van der Waals surface area contributed by atoms with E-state index >= 15 is 0 Å². The van der Waals surface area contributed by atoms with Gasteiger partial charge in [0.2, 0.25) is 11.8 Å². The van der Waals surface area contributed by atoms with Gasteiger partial charge in [-0.05, 0) is 38.5 Å². The van der Waals surface area contributed by atoms with E-state index in [2.05, 4.69) is 5.32 Å². The Kier molecular flexibility index (Phi) is 8.35. The Morgan fingerprint density at radius 1 is 1.12 bits per heavy atom. The zero-order valence-electron chi connectivity index (χ0n) is 16.7. The van der Waals surface area contributed by atoms with Crippen LogP contribution in [0.2, 0.25) is 0 Å². The van der Waals surface area contributed by atoms with Crippen LogP contribution >= 0.6 is 0 Å². The van der Waals surface area contributed by atoms with E-state index in [0.29, 0.717) is 25.6 Å². The molecule has 0 aromatic heterocycles. The fourth-order valence-corrected chi connectivity index (χ4v) is 3.84. The first-order valence-electron chi connectivity index (χ1n) is 10.3. The highest BCUT2D eigenvalue weighted by molar-refractivity contribution is 5.88. The van der Waals surface area contributed by atoms with Gasteiger partial charge in [0, 0.05) is 31.7 Å². The lowest BCUT2D eigenvalue weighted by atomic mass is 9.90. The Hall–Kier alpha value is -1.14. The standard InChI is InChI=1S/C20H37N3O3/c1-14(2)19(24)22-18(20(25)23-11-7-10-17(21)12-23)15(3)26-13-16-8-5-4-6-9-16/h14-18H,4-13,21H2,1-3H3,(H,22,24). The predicted molar refractivity (Wildman–Crippen MR) is 103 cm³/mol. The van der Waals surface area contributed by atoms with Crippen LogP contribution in [0.4, 0.5) is 0 Å². The highest BCUT2D eigenvalue weighted by Crippen LogP contribution is 2.24. The lowest BCUT2D eigenvalue weighted by Gasteiger charge is -2.36. The molecular weight excluding hydrogens is 330 g/mol. The number of likely N-dealkylation sites (tertiary alicyclic amines) is 1. The lowest BCUT2D eigenvalue weighted by Crippen LogP contribution is -2.58. The van der Waals surface area contributed by atoms with Crippen LogP contribution in [0.1, 0.15) is 65.7 Å². The van der Waals surface area contributed by atoms with E-state index in [1.54, 1.807) is 4.90 Å². The summed E-state index contributed by atoms with van der Waals surface area (Å²) in [5.74, 6) is 0.230. The summed E-state index contributed by atoms with van der Waals surface area (Å²) in [7, 11) is 0. The third kappa shape index (κ3) is 6.23. The zero-order chi connectivity index (χ0) is 19.1. The van der Waals surface area contributed by atoms with Gasteiger partial charge in [0.05, 0.1) is 6.10 Å². The summed E-state index contributed by atoms with van der Waals surface area (Å²) < 4.78 is 6.07. The summed E-state index contributed by atoms with van der Waals surface area (Å²) in [6.45, 7) is 7.50. The van der Waals surface area contributed by atoms with E-state index in [1.807, 2.05) is 20.8 Å². The van der Waals surface area contributed by atoms with Crippen LogP contribution < -0.4 is 11.1 Å². The number of hydrogen-bond donors (Lipinski definition) is 2. The summed E-state index contributed by atoms with van der Waals surface area (Å²) in [4.78, 5) is 27.1. The number of piperidine rings is 1. The van der Waals surface area contributed by atoms with E-state index in [0.717, 1.165) is 12.8 Å². The van der Waals surface area contributed by atoms with Crippen LogP contribution in [-0.2, 0) is 14.3 Å². The van der Waals surface area contributed by atoms with Gasteiger partial charge in [0.25, 0.3) is 0 Å².